The van der Waals surface area contributed by atoms with Crippen molar-refractivity contribution in [2.45, 2.75) is 25.5 Å². The van der Waals surface area contributed by atoms with Gasteiger partial charge in [0.2, 0.25) is 0 Å². The third-order valence-electron chi connectivity index (χ3n) is 2.28. The van der Waals surface area contributed by atoms with E-state index in [1.807, 2.05) is 0 Å². The Bertz CT molecular complexity index is 310. The fourth-order valence-corrected chi connectivity index (χ4v) is 1.53. The van der Waals surface area contributed by atoms with Crippen LogP contribution < -0.4 is 5.69 Å². The zero-order valence-corrected chi connectivity index (χ0v) is 6.60. The molecule has 1 aliphatic rings. The highest BCUT2D eigenvalue weighted by Crippen LogP contribution is 2.27. The molecule has 1 saturated carbocycles. The lowest BCUT2D eigenvalue weighted by molar-refractivity contribution is 0.0348. The van der Waals surface area contributed by atoms with E-state index in [2.05, 4.69) is 10.2 Å². The molecule has 0 unspecified atom stereocenters. The standard InChI is InChI=1S/C7H11N3O2/c11-6-1-5(2-6)3-10-4-8-9-7(10)12/h4-6,11H,1-3H2,(H,9,12). The zero-order valence-electron chi connectivity index (χ0n) is 6.60. The summed E-state index contributed by atoms with van der Waals surface area (Å²) in [6.07, 6.45) is 2.94. The maximum Gasteiger partial charge on any atom is 0.343 e. The Morgan fingerprint density at radius 2 is 2.50 bits per heavy atom. The highest BCUT2D eigenvalue weighted by molar-refractivity contribution is 4.79. The van der Waals surface area contributed by atoms with E-state index in [0.717, 1.165) is 12.8 Å². The lowest BCUT2D eigenvalue weighted by Gasteiger charge is -2.30. The van der Waals surface area contributed by atoms with Crippen molar-refractivity contribution in [3.05, 3.63) is 16.8 Å². The van der Waals surface area contributed by atoms with Gasteiger partial charge in [0.1, 0.15) is 6.33 Å². The summed E-state index contributed by atoms with van der Waals surface area (Å²) in [7, 11) is 0. The normalized spacial score (nSPS) is 28.4. The topological polar surface area (TPSA) is 70.9 Å². The summed E-state index contributed by atoms with van der Waals surface area (Å²) >= 11 is 0. The van der Waals surface area contributed by atoms with Crippen molar-refractivity contribution < 1.29 is 5.11 Å². The first-order valence-electron chi connectivity index (χ1n) is 4.03. The maximum absolute atomic E-state index is 11.0. The molecule has 2 rings (SSSR count). The minimum atomic E-state index is -0.170. The number of aromatic nitrogens is 3. The molecule has 0 atom stereocenters. The predicted octanol–water partition coefficient (Wildman–Crippen LogP) is -0.658. The number of nitrogens with one attached hydrogen (secondary N) is 1. The fraction of sp³-hybridized carbons (Fsp3) is 0.714. The van der Waals surface area contributed by atoms with Crippen LogP contribution in [0, 0.1) is 5.92 Å². The number of H-pyrrole nitrogens is 1. The predicted molar refractivity (Wildman–Crippen MR) is 41.6 cm³/mol. The Morgan fingerprint density at radius 1 is 1.75 bits per heavy atom. The SMILES string of the molecule is O=c1[nH]ncn1CC1CC(O)C1. The highest BCUT2D eigenvalue weighted by Gasteiger charge is 2.27. The van der Waals surface area contributed by atoms with Crippen LogP contribution in [0.15, 0.2) is 11.1 Å². The van der Waals surface area contributed by atoms with E-state index in [1.165, 1.54) is 10.9 Å². The molecule has 1 heterocycles. The van der Waals surface area contributed by atoms with Crippen LogP contribution >= 0.6 is 0 Å². The summed E-state index contributed by atoms with van der Waals surface area (Å²) in [6.45, 7) is 0.673. The maximum atomic E-state index is 11.0. The second-order valence-electron chi connectivity index (χ2n) is 3.31. The van der Waals surface area contributed by atoms with Gasteiger partial charge in [-0.2, -0.15) is 5.10 Å². The fourth-order valence-electron chi connectivity index (χ4n) is 1.53. The van der Waals surface area contributed by atoms with Crippen molar-refractivity contribution in [1.82, 2.24) is 14.8 Å². The van der Waals surface area contributed by atoms with Crippen molar-refractivity contribution in [3.8, 4) is 0 Å². The third-order valence-corrected chi connectivity index (χ3v) is 2.28. The van der Waals surface area contributed by atoms with E-state index in [0.29, 0.717) is 12.5 Å². The molecule has 2 N–H and O–H groups in total. The first-order chi connectivity index (χ1) is 5.75. The van der Waals surface area contributed by atoms with Crippen LogP contribution in [0.4, 0.5) is 0 Å². The minimum absolute atomic E-state index is 0.155. The molecule has 1 aromatic rings. The molecule has 12 heavy (non-hydrogen) atoms. The molecule has 5 nitrogen and oxygen atoms in total. The van der Waals surface area contributed by atoms with E-state index in [-0.39, 0.29) is 11.8 Å². The van der Waals surface area contributed by atoms with Crippen molar-refractivity contribution >= 4 is 0 Å². The summed E-state index contributed by atoms with van der Waals surface area (Å²) in [6, 6.07) is 0. The van der Waals surface area contributed by atoms with Gasteiger partial charge < -0.3 is 5.11 Å². The summed E-state index contributed by atoms with van der Waals surface area (Å²) in [5.41, 5.74) is -0.170. The molecule has 0 spiro atoms. The van der Waals surface area contributed by atoms with E-state index < -0.39 is 0 Å². The molecule has 0 amide bonds. The number of nitrogens with zero attached hydrogens (tertiary/aromatic N) is 2. The van der Waals surface area contributed by atoms with Crippen LogP contribution in [0.3, 0.4) is 0 Å². The average molecular weight is 169 g/mol. The van der Waals surface area contributed by atoms with Gasteiger partial charge in [0, 0.05) is 6.54 Å². The molecule has 0 bridgehead atoms. The van der Waals surface area contributed by atoms with Gasteiger partial charge in [-0.05, 0) is 18.8 Å². The Morgan fingerprint density at radius 3 is 3.00 bits per heavy atom. The van der Waals surface area contributed by atoms with Crippen LogP contribution in [-0.2, 0) is 6.54 Å². The second-order valence-corrected chi connectivity index (χ2v) is 3.31. The molecular weight excluding hydrogens is 158 g/mol. The molecule has 0 saturated heterocycles. The van der Waals surface area contributed by atoms with E-state index >= 15 is 0 Å². The van der Waals surface area contributed by atoms with Gasteiger partial charge in [-0.25, -0.2) is 9.89 Å². The van der Waals surface area contributed by atoms with Gasteiger partial charge in [0.05, 0.1) is 6.10 Å². The molecule has 1 fully saturated rings. The van der Waals surface area contributed by atoms with Gasteiger partial charge >= 0.3 is 5.69 Å². The number of aliphatic hydroxyl groups is 1. The smallest absolute Gasteiger partial charge is 0.343 e. The largest absolute Gasteiger partial charge is 0.393 e. The first-order valence-corrected chi connectivity index (χ1v) is 4.03. The first kappa shape index (κ1) is 7.54. The second kappa shape index (κ2) is 2.75. The Hall–Kier alpha value is -1.10. The Kier molecular flexibility index (Phi) is 1.73. The Labute approximate surface area is 69.0 Å². The Balaban J connectivity index is 1.96. The quantitative estimate of drug-likeness (QED) is 0.617. The third kappa shape index (κ3) is 1.27. The van der Waals surface area contributed by atoms with Crippen LogP contribution in [0.5, 0.6) is 0 Å². The number of aliphatic hydroxyl groups excluding tert-OH is 1. The lowest BCUT2D eigenvalue weighted by atomic mass is 9.82. The van der Waals surface area contributed by atoms with E-state index in [4.69, 9.17) is 5.11 Å². The summed E-state index contributed by atoms with van der Waals surface area (Å²) in [5, 5.41) is 14.9. The summed E-state index contributed by atoms with van der Waals surface area (Å²) < 4.78 is 1.54. The van der Waals surface area contributed by atoms with Crippen LogP contribution in [0.1, 0.15) is 12.8 Å². The van der Waals surface area contributed by atoms with Crippen molar-refractivity contribution in [2.75, 3.05) is 0 Å². The molecule has 1 aliphatic carbocycles. The van der Waals surface area contributed by atoms with Crippen molar-refractivity contribution in [2.24, 2.45) is 5.92 Å². The highest BCUT2D eigenvalue weighted by atomic mass is 16.3. The molecular formula is C7H11N3O2. The zero-order chi connectivity index (χ0) is 8.55. The molecule has 0 radical (unpaired) electrons. The van der Waals surface area contributed by atoms with Crippen LogP contribution in [-0.4, -0.2) is 26.0 Å². The van der Waals surface area contributed by atoms with Gasteiger partial charge in [0.25, 0.3) is 0 Å². The number of hydrogen-bond acceptors (Lipinski definition) is 3. The van der Waals surface area contributed by atoms with Crippen LogP contribution in [0.2, 0.25) is 0 Å². The molecule has 5 heteroatoms. The summed E-state index contributed by atoms with van der Waals surface area (Å²) in [4.78, 5) is 11.0. The van der Waals surface area contributed by atoms with E-state index in [1.54, 1.807) is 0 Å². The van der Waals surface area contributed by atoms with Gasteiger partial charge in [-0.3, -0.25) is 4.57 Å². The number of aromatic amines is 1. The van der Waals surface area contributed by atoms with E-state index in [9.17, 15) is 4.79 Å². The van der Waals surface area contributed by atoms with Crippen molar-refractivity contribution in [3.63, 3.8) is 0 Å². The number of hydrogen-bond donors (Lipinski definition) is 2. The van der Waals surface area contributed by atoms with Crippen LogP contribution in [0.25, 0.3) is 0 Å². The van der Waals surface area contributed by atoms with Gasteiger partial charge in [-0.1, -0.05) is 0 Å². The molecule has 0 aliphatic heterocycles. The van der Waals surface area contributed by atoms with Crippen molar-refractivity contribution in [1.29, 1.82) is 0 Å². The van der Waals surface area contributed by atoms with Gasteiger partial charge in [-0.15, -0.1) is 0 Å². The monoisotopic (exact) mass is 169 g/mol. The molecule has 0 aromatic carbocycles. The molecule has 1 aromatic heterocycles. The molecule has 66 valence electrons. The summed E-state index contributed by atoms with van der Waals surface area (Å²) in [5.74, 6) is 0.440. The average Bonchev–Trinajstić information content (AvgIpc) is 2.33. The number of rotatable bonds is 2. The lowest BCUT2D eigenvalue weighted by Crippen LogP contribution is -2.33. The minimum Gasteiger partial charge on any atom is -0.393 e. The van der Waals surface area contributed by atoms with Gasteiger partial charge in [0.15, 0.2) is 0 Å².